The van der Waals surface area contributed by atoms with Gasteiger partial charge in [-0.15, -0.1) is 0 Å². The first-order chi connectivity index (χ1) is 9.09. The van der Waals surface area contributed by atoms with Gasteiger partial charge in [-0.1, -0.05) is 6.42 Å². The molecule has 0 spiro atoms. The second-order valence-corrected chi connectivity index (χ2v) is 4.51. The van der Waals surface area contributed by atoms with Crippen LogP contribution in [0.5, 0.6) is 0 Å². The van der Waals surface area contributed by atoms with Crippen LogP contribution in [0.15, 0.2) is 24.3 Å². The minimum absolute atomic E-state index is 0.0677. The average Bonchev–Trinajstić information content (AvgIpc) is 2.63. The van der Waals surface area contributed by atoms with E-state index in [-0.39, 0.29) is 17.4 Å². The summed E-state index contributed by atoms with van der Waals surface area (Å²) < 4.78 is 0. The molecule has 1 aliphatic rings. The van der Waals surface area contributed by atoms with Crippen molar-refractivity contribution in [3.05, 3.63) is 39.9 Å². The van der Waals surface area contributed by atoms with E-state index >= 15 is 0 Å². The SMILES string of the molecule is O=C1NCCCCC1C(=O)c1ccc([N+](=O)[O-])cc1. The number of nitrogens with zero attached hydrogens (tertiary/aromatic N) is 1. The van der Waals surface area contributed by atoms with E-state index in [1.807, 2.05) is 0 Å². The van der Waals surface area contributed by atoms with Crippen LogP contribution in [0.3, 0.4) is 0 Å². The van der Waals surface area contributed by atoms with Gasteiger partial charge in [-0.3, -0.25) is 19.7 Å². The molecular weight excluding hydrogens is 248 g/mol. The molecule has 1 saturated heterocycles. The highest BCUT2D eigenvalue weighted by Crippen LogP contribution is 2.20. The summed E-state index contributed by atoms with van der Waals surface area (Å²) in [6, 6.07) is 5.36. The van der Waals surface area contributed by atoms with Crippen LogP contribution in [0.2, 0.25) is 0 Å². The van der Waals surface area contributed by atoms with Crippen molar-refractivity contribution in [2.45, 2.75) is 19.3 Å². The summed E-state index contributed by atoms with van der Waals surface area (Å²) in [5, 5.41) is 13.2. The van der Waals surface area contributed by atoms with Gasteiger partial charge >= 0.3 is 0 Å². The molecule has 0 aliphatic carbocycles. The lowest BCUT2D eigenvalue weighted by atomic mass is 9.93. The molecule has 1 fully saturated rings. The van der Waals surface area contributed by atoms with Crippen LogP contribution < -0.4 is 5.32 Å². The van der Waals surface area contributed by atoms with Crippen molar-refractivity contribution in [3.8, 4) is 0 Å². The first-order valence-corrected chi connectivity index (χ1v) is 6.16. The number of Topliss-reactive ketones (excluding diaryl/α,β-unsaturated/α-hetero) is 1. The van der Waals surface area contributed by atoms with Crippen molar-refractivity contribution >= 4 is 17.4 Å². The molecular formula is C13H14N2O4. The normalized spacial score (nSPS) is 19.4. The topological polar surface area (TPSA) is 89.3 Å². The van der Waals surface area contributed by atoms with Crippen LogP contribution in [0.25, 0.3) is 0 Å². The number of amides is 1. The summed E-state index contributed by atoms with van der Waals surface area (Å²) in [5.74, 6) is -1.20. The Hall–Kier alpha value is -2.24. The number of benzene rings is 1. The number of non-ortho nitro benzene ring substituents is 1. The third-order valence-corrected chi connectivity index (χ3v) is 3.21. The zero-order valence-electron chi connectivity index (χ0n) is 10.3. The first kappa shape index (κ1) is 13.2. The Bertz CT molecular complexity index is 510. The van der Waals surface area contributed by atoms with E-state index in [0.717, 1.165) is 12.8 Å². The van der Waals surface area contributed by atoms with E-state index in [1.165, 1.54) is 24.3 Å². The van der Waals surface area contributed by atoms with E-state index in [2.05, 4.69) is 5.32 Å². The van der Waals surface area contributed by atoms with Gasteiger partial charge in [0.05, 0.1) is 4.92 Å². The lowest BCUT2D eigenvalue weighted by Gasteiger charge is -2.11. The van der Waals surface area contributed by atoms with Gasteiger partial charge in [0.1, 0.15) is 5.92 Å². The summed E-state index contributed by atoms with van der Waals surface area (Å²) in [4.78, 5) is 34.0. The number of carbonyl (C=O) groups excluding carboxylic acids is 2. The molecule has 6 nitrogen and oxygen atoms in total. The van der Waals surface area contributed by atoms with Gasteiger partial charge in [0.2, 0.25) is 5.91 Å². The van der Waals surface area contributed by atoms with E-state index < -0.39 is 10.8 Å². The summed E-state index contributed by atoms with van der Waals surface area (Å²) in [7, 11) is 0. The maximum absolute atomic E-state index is 12.2. The number of hydrogen-bond donors (Lipinski definition) is 1. The first-order valence-electron chi connectivity index (χ1n) is 6.16. The van der Waals surface area contributed by atoms with Crippen LogP contribution in [-0.2, 0) is 4.79 Å². The van der Waals surface area contributed by atoms with E-state index in [9.17, 15) is 19.7 Å². The molecule has 1 amide bonds. The summed E-state index contributed by atoms with van der Waals surface area (Å²) >= 11 is 0. The van der Waals surface area contributed by atoms with Crippen molar-refractivity contribution in [3.63, 3.8) is 0 Å². The minimum Gasteiger partial charge on any atom is -0.355 e. The van der Waals surface area contributed by atoms with E-state index in [0.29, 0.717) is 18.5 Å². The number of carbonyl (C=O) groups is 2. The van der Waals surface area contributed by atoms with Crippen molar-refractivity contribution in [2.24, 2.45) is 5.92 Å². The number of nitrogens with one attached hydrogen (secondary N) is 1. The summed E-state index contributed by atoms with van der Waals surface area (Å²) in [5.41, 5.74) is 0.273. The number of rotatable bonds is 3. The molecule has 1 aliphatic heterocycles. The standard InChI is InChI=1S/C13H14N2O4/c16-12(11-3-1-2-8-14-13(11)17)9-4-6-10(7-5-9)15(18)19/h4-7,11H,1-3,8H2,(H,14,17). The van der Waals surface area contributed by atoms with E-state index in [1.54, 1.807) is 0 Å². The molecule has 0 radical (unpaired) electrons. The summed E-state index contributed by atoms with van der Waals surface area (Å²) in [6.07, 6.45) is 2.22. The molecule has 1 heterocycles. The molecule has 0 bridgehead atoms. The van der Waals surface area contributed by atoms with Gasteiger partial charge in [-0.2, -0.15) is 0 Å². The van der Waals surface area contributed by atoms with Crippen LogP contribution in [0.1, 0.15) is 29.6 Å². The number of nitro benzene ring substituents is 1. The molecule has 100 valence electrons. The number of ketones is 1. The molecule has 0 aromatic heterocycles. The molecule has 19 heavy (non-hydrogen) atoms. The third kappa shape index (κ3) is 2.96. The van der Waals surface area contributed by atoms with Crippen LogP contribution >= 0.6 is 0 Å². The van der Waals surface area contributed by atoms with E-state index in [4.69, 9.17) is 0 Å². The minimum atomic E-state index is -0.677. The maximum atomic E-state index is 12.2. The highest BCUT2D eigenvalue weighted by atomic mass is 16.6. The molecule has 1 aromatic carbocycles. The fourth-order valence-corrected chi connectivity index (χ4v) is 2.14. The molecule has 1 atom stereocenters. The van der Waals surface area contributed by atoms with Gasteiger partial charge in [0.25, 0.3) is 5.69 Å². The van der Waals surface area contributed by atoms with Crippen molar-refractivity contribution < 1.29 is 14.5 Å². The summed E-state index contributed by atoms with van der Waals surface area (Å²) in [6.45, 7) is 0.600. The number of nitro groups is 1. The average molecular weight is 262 g/mol. The molecule has 1 aromatic rings. The van der Waals surface area contributed by atoms with Crippen LogP contribution in [-0.4, -0.2) is 23.2 Å². The van der Waals surface area contributed by atoms with Gasteiger partial charge < -0.3 is 5.32 Å². The Morgan fingerprint density at radius 2 is 1.95 bits per heavy atom. The van der Waals surface area contributed by atoms with Crippen molar-refractivity contribution in [2.75, 3.05) is 6.54 Å². The highest BCUT2D eigenvalue weighted by Gasteiger charge is 2.28. The lowest BCUT2D eigenvalue weighted by Crippen LogP contribution is -2.33. The predicted molar refractivity (Wildman–Crippen MR) is 67.8 cm³/mol. The second kappa shape index (κ2) is 5.60. The Morgan fingerprint density at radius 1 is 1.26 bits per heavy atom. The largest absolute Gasteiger partial charge is 0.355 e. The zero-order valence-corrected chi connectivity index (χ0v) is 10.3. The fraction of sp³-hybridized carbons (Fsp3) is 0.385. The van der Waals surface area contributed by atoms with Gasteiger partial charge in [-0.25, -0.2) is 0 Å². The molecule has 1 N–H and O–H groups in total. The van der Waals surface area contributed by atoms with Crippen molar-refractivity contribution in [1.29, 1.82) is 0 Å². The highest BCUT2D eigenvalue weighted by molar-refractivity contribution is 6.10. The molecule has 2 rings (SSSR count). The van der Waals surface area contributed by atoms with Gasteiger partial charge in [0, 0.05) is 24.2 Å². The monoisotopic (exact) mass is 262 g/mol. The quantitative estimate of drug-likeness (QED) is 0.388. The number of hydrogen-bond acceptors (Lipinski definition) is 4. The molecule has 0 saturated carbocycles. The van der Waals surface area contributed by atoms with Crippen LogP contribution in [0, 0.1) is 16.0 Å². The third-order valence-electron chi connectivity index (χ3n) is 3.21. The zero-order chi connectivity index (χ0) is 13.8. The second-order valence-electron chi connectivity index (χ2n) is 4.51. The Labute approximate surface area is 110 Å². The molecule has 1 unspecified atom stereocenters. The molecule has 6 heteroatoms. The Balaban J connectivity index is 2.18. The maximum Gasteiger partial charge on any atom is 0.269 e. The fourth-order valence-electron chi connectivity index (χ4n) is 2.14. The Morgan fingerprint density at radius 3 is 2.58 bits per heavy atom. The van der Waals surface area contributed by atoms with Gasteiger partial charge in [-0.05, 0) is 25.0 Å². The van der Waals surface area contributed by atoms with Crippen molar-refractivity contribution in [1.82, 2.24) is 5.32 Å². The van der Waals surface area contributed by atoms with Gasteiger partial charge in [0.15, 0.2) is 5.78 Å². The lowest BCUT2D eigenvalue weighted by molar-refractivity contribution is -0.384. The smallest absolute Gasteiger partial charge is 0.269 e. The Kier molecular flexibility index (Phi) is 3.89. The van der Waals surface area contributed by atoms with Crippen LogP contribution in [0.4, 0.5) is 5.69 Å². The predicted octanol–water partition coefficient (Wildman–Crippen LogP) is 1.69.